The Bertz CT molecular complexity index is 607. The van der Waals surface area contributed by atoms with Gasteiger partial charge in [-0.25, -0.2) is 5.26 Å². The van der Waals surface area contributed by atoms with Gasteiger partial charge in [0, 0.05) is 18.1 Å². The monoisotopic (exact) mass is 288 g/mol. The molecular formula is C16H16O5. The predicted molar refractivity (Wildman–Crippen MR) is 75.1 cm³/mol. The summed E-state index contributed by atoms with van der Waals surface area (Å²) in [5.41, 5.74) is 1.92. The van der Waals surface area contributed by atoms with Crippen LogP contribution in [0.5, 0.6) is 11.5 Å². The van der Waals surface area contributed by atoms with E-state index in [9.17, 15) is 5.11 Å². The Balaban J connectivity index is 1.71. The molecule has 2 N–H and O–H groups in total. The Hall–Kier alpha value is -2.08. The summed E-state index contributed by atoms with van der Waals surface area (Å²) in [4.78, 5) is 4.29. The van der Waals surface area contributed by atoms with Gasteiger partial charge in [-0.05, 0) is 11.6 Å². The highest BCUT2D eigenvalue weighted by Crippen LogP contribution is 2.37. The number of ether oxygens (including phenoxy) is 2. The maximum Gasteiger partial charge on any atom is 0.267 e. The van der Waals surface area contributed by atoms with E-state index < -0.39 is 12.4 Å². The summed E-state index contributed by atoms with van der Waals surface area (Å²) in [5.74, 6) is -0.201. The van der Waals surface area contributed by atoms with Gasteiger partial charge in [-0.2, -0.15) is 4.89 Å². The van der Waals surface area contributed by atoms with Crippen LogP contribution in [0.25, 0.3) is 0 Å². The summed E-state index contributed by atoms with van der Waals surface area (Å²) < 4.78 is 11.2. The SMILES string of the molecule is OCC1(OO)Cc2ccc(OCc3ccccc3)cc2O1. The number of hydrogen-bond acceptors (Lipinski definition) is 5. The largest absolute Gasteiger partial charge is 0.489 e. The second-order valence-corrected chi connectivity index (χ2v) is 4.98. The van der Waals surface area contributed by atoms with Crippen LogP contribution >= 0.6 is 0 Å². The first-order valence-electron chi connectivity index (χ1n) is 6.67. The second-order valence-electron chi connectivity index (χ2n) is 4.98. The van der Waals surface area contributed by atoms with E-state index in [4.69, 9.17) is 14.7 Å². The third kappa shape index (κ3) is 2.85. The average Bonchev–Trinajstić information content (AvgIpc) is 2.92. The van der Waals surface area contributed by atoms with Crippen molar-refractivity contribution in [2.24, 2.45) is 0 Å². The minimum atomic E-state index is -1.40. The molecule has 0 amide bonds. The zero-order valence-electron chi connectivity index (χ0n) is 11.4. The van der Waals surface area contributed by atoms with Crippen molar-refractivity contribution in [1.29, 1.82) is 0 Å². The van der Waals surface area contributed by atoms with Crippen LogP contribution in [0.4, 0.5) is 0 Å². The molecule has 1 atom stereocenters. The third-order valence-electron chi connectivity index (χ3n) is 3.45. The lowest BCUT2D eigenvalue weighted by Gasteiger charge is -2.21. The van der Waals surface area contributed by atoms with Gasteiger partial charge in [-0.1, -0.05) is 36.4 Å². The molecule has 1 heterocycles. The van der Waals surface area contributed by atoms with Gasteiger partial charge < -0.3 is 14.6 Å². The number of fused-ring (bicyclic) bond motifs is 1. The first-order valence-corrected chi connectivity index (χ1v) is 6.67. The lowest BCUT2D eigenvalue weighted by molar-refractivity contribution is -0.383. The third-order valence-corrected chi connectivity index (χ3v) is 3.45. The van der Waals surface area contributed by atoms with Gasteiger partial charge >= 0.3 is 0 Å². The highest BCUT2D eigenvalue weighted by molar-refractivity contribution is 5.44. The number of rotatable bonds is 5. The van der Waals surface area contributed by atoms with E-state index in [1.807, 2.05) is 42.5 Å². The van der Waals surface area contributed by atoms with Crippen LogP contribution in [0.15, 0.2) is 48.5 Å². The van der Waals surface area contributed by atoms with Gasteiger partial charge in [0.05, 0.1) is 0 Å². The molecule has 0 fully saturated rings. The molecule has 2 aromatic carbocycles. The molecule has 110 valence electrons. The van der Waals surface area contributed by atoms with Crippen molar-refractivity contribution in [3.8, 4) is 11.5 Å². The lowest BCUT2D eigenvalue weighted by Crippen LogP contribution is -2.40. The fourth-order valence-electron chi connectivity index (χ4n) is 2.30. The number of aliphatic hydroxyl groups is 1. The van der Waals surface area contributed by atoms with Crippen molar-refractivity contribution in [1.82, 2.24) is 0 Å². The molecule has 0 aliphatic carbocycles. The van der Waals surface area contributed by atoms with Crippen LogP contribution in [-0.2, 0) is 17.9 Å². The van der Waals surface area contributed by atoms with Crippen molar-refractivity contribution in [2.75, 3.05) is 6.61 Å². The summed E-state index contributed by atoms with van der Waals surface area (Å²) in [6.45, 7) is 0.0274. The van der Waals surface area contributed by atoms with Crippen molar-refractivity contribution in [2.45, 2.75) is 18.8 Å². The Labute approximate surface area is 122 Å². The standard InChI is InChI=1S/C16H16O5/c17-11-16(21-18)9-13-6-7-14(8-15(13)20-16)19-10-12-4-2-1-3-5-12/h1-8,17-18H,9-11H2. The molecular weight excluding hydrogens is 272 g/mol. The molecule has 1 unspecified atom stereocenters. The maximum atomic E-state index is 9.27. The molecule has 0 bridgehead atoms. The van der Waals surface area contributed by atoms with Crippen LogP contribution in [0.3, 0.4) is 0 Å². The van der Waals surface area contributed by atoms with Crippen molar-refractivity contribution in [3.63, 3.8) is 0 Å². The summed E-state index contributed by atoms with van der Waals surface area (Å²) in [6, 6.07) is 15.2. The molecule has 3 rings (SSSR count). The van der Waals surface area contributed by atoms with Crippen molar-refractivity contribution >= 4 is 0 Å². The normalized spacial score (nSPS) is 19.9. The summed E-state index contributed by atoms with van der Waals surface area (Å²) >= 11 is 0. The summed E-state index contributed by atoms with van der Waals surface area (Å²) in [5, 5.41) is 18.2. The lowest BCUT2D eigenvalue weighted by atomic mass is 10.1. The molecule has 0 saturated carbocycles. The van der Waals surface area contributed by atoms with E-state index >= 15 is 0 Å². The molecule has 2 aromatic rings. The Morgan fingerprint density at radius 2 is 1.95 bits per heavy atom. The molecule has 0 aromatic heterocycles. The van der Waals surface area contributed by atoms with Gasteiger partial charge in [0.1, 0.15) is 24.7 Å². The fourth-order valence-corrected chi connectivity index (χ4v) is 2.30. The zero-order valence-corrected chi connectivity index (χ0v) is 11.4. The average molecular weight is 288 g/mol. The van der Waals surface area contributed by atoms with E-state index in [-0.39, 0.29) is 6.42 Å². The Morgan fingerprint density at radius 3 is 2.67 bits per heavy atom. The number of aliphatic hydroxyl groups excluding tert-OH is 1. The van der Waals surface area contributed by atoms with E-state index in [1.54, 1.807) is 6.07 Å². The molecule has 0 radical (unpaired) electrons. The van der Waals surface area contributed by atoms with Crippen LogP contribution < -0.4 is 9.47 Å². The number of benzene rings is 2. The molecule has 5 heteroatoms. The molecule has 0 saturated heterocycles. The summed E-state index contributed by atoms with van der Waals surface area (Å²) in [6.07, 6.45) is 0.286. The molecule has 1 aliphatic rings. The summed E-state index contributed by atoms with van der Waals surface area (Å²) in [7, 11) is 0. The van der Waals surface area contributed by atoms with Crippen molar-refractivity contribution < 1.29 is 24.7 Å². The van der Waals surface area contributed by atoms with E-state index in [1.165, 1.54) is 0 Å². The topological polar surface area (TPSA) is 68.2 Å². The molecule has 1 aliphatic heterocycles. The Morgan fingerprint density at radius 1 is 1.14 bits per heavy atom. The second kappa shape index (κ2) is 5.73. The first-order chi connectivity index (χ1) is 10.2. The Kier molecular flexibility index (Phi) is 3.79. The van der Waals surface area contributed by atoms with E-state index in [2.05, 4.69) is 4.89 Å². The van der Waals surface area contributed by atoms with Gasteiger partial charge in [0.15, 0.2) is 0 Å². The number of hydrogen-bond donors (Lipinski definition) is 2. The molecule has 0 spiro atoms. The quantitative estimate of drug-likeness (QED) is 0.653. The van der Waals surface area contributed by atoms with Gasteiger partial charge in [0.25, 0.3) is 5.79 Å². The highest BCUT2D eigenvalue weighted by Gasteiger charge is 2.41. The first kappa shape index (κ1) is 13.9. The van der Waals surface area contributed by atoms with E-state index in [0.717, 1.165) is 11.1 Å². The minimum Gasteiger partial charge on any atom is -0.489 e. The predicted octanol–water partition coefficient (Wildman–Crippen LogP) is 2.38. The van der Waals surface area contributed by atoms with Gasteiger partial charge in [-0.3, -0.25) is 0 Å². The van der Waals surface area contributed by atoms with Crippen molar-refractivity contribution in [3.05, 3.63) is 59.7 Å². The minimum absolute atomic E-state index is 0.286. The van der Waals surface area contributed by atoms with Gasteiger partial charge in [0.2, 0.25) is 0 Å². The fraction of sp³-hybridized carbons (Fsp3) is 0.250. The molecule has 21 heavy (non-hydrogen) atoms. The van der Waals surface area contributed by atoms with Crippen LogP contribution in [0, 0.1) is 0 Å². The van der Waals surface area contributed by atoms with Gasteiger partial charge in [-0.15, -0.1) is 0 Å². The van der Waals surface area contributed by atoms with Crippen LogP contribution in [-0.4, -0.2) is 22.8 Å². The molecule has 5 nitrogen and oxygen atoms in total. The maximum absolute atomic E-state index is 9.27. The van der Waals surface area contributed by atoms with E-state index in [0.29, 0.717) is 18.1 Å². The highest BCUT2D eigenvalue weighted by atomic mass is 17.1. The smallest absolute Gasteiger partial charge is 0.267 e. The van der Waals surface area contributed by atoms with Crippen LogP contribution in [0.2, 0.25) is 0 Å². The zero-order chi connectivity index (χ0) is 14.7. The van der Waals surface area contributed by atoms with Crippen LogP contribution in [0.1, 0.15) is 11.1 Å².